The third-order valence-electron chi connectivity index (χ3n) is 8.18. The second kappa shape index (κ2) is 9.74. The van der Waals surface area contributed by atoms with Crippen molar-refractivity contribution in [1.29, 1.82) is 0 Å². The molecule has 7 nitrogen and oxygen atoms in total. The van der Waals surface area contributed by atoms with Gasteiger partial charge >= 0.3 is 5.97 Å². The number of likely N-dealkylation sites (tertiary alicyclic amines) is 1. The molecule has 0 radical (unpaired) electrons. The summed E-state index contributed by atoms with van der Waals surface area (Å²) in [5.41, 5.74) is 0.769. The Labute approximate surface area is 211 Å². The minimum absolute atomic E-state index is 0.0195. The predicted octanol–water partition coefficient (Wildman–Crippen LogP) is 3.33. The van der Waals surface area contributed by atoms with Crippen molar-refractivity contribution >= 4 is 17.6 Å². The number of carbonyl (C=O) groups is 2. The molecule has 3 saturated heterocycles. The van der Waals surface area contributed by atoms with Crippen molar-refractivity contribution < 1.29 is 27.8 Å². The first-order valence-electron chi connectivity index (χ1n) is 13.0. The van der Waals surface area contributed by atoms with Crippen LogP contribution >= 0.6 is 0 Å². The zero-order valence-electron chi connectivity index (χ0n) is 21.1. The fraction of sp³-hybridized carbons (Fsp3) is 0.630. The number of piperidine rings is 1. The summed E-state index contributed by atoms with van der Waals surface area (Å²) in [5.74, 6) is -3.44. The number of ether oxygens (including phenoxy) is 2. The van der Waals surface area contributed by atoms with Crippen LogP contribution in [0.2, 0.25) is 0 Å². The van der Waals surface area contributed by atoms with E-state index in [2.05, 4.69) is 4.90 Å². The maximum absolute atomic E-state index is 13.8. The van der Waals surface area contributed by atoms with E-state index in [1.165, 1.54) is 12.1 Å². The van der Waals surface area contributed by atoms with Crippen LogP contribution in [-0.4, -0.2) is 85.8 Å². The first-order valence-corrected chi connectivity index (χ1v) is 13.0. The lowest BCUT2D eigenvalue weighted by Crippen LogP contribution is -2.55. The Kier molecular flexibility index (Phi) is 6.80. The van der Waals surface area contributed by atoms with E-state index in [0.717, 1.165) is 51.8 Å². The molecule has 4 aliphatic rings. The SMILES string of the molecule is CC1=C(C(=O)N2CCN(c3cccc(C(C)(F)F)c3)CC2)C2(CCN(C3CCCOC3)CC2)OC1=O. The van der Waals surface area contributed by atoms with Gasteiger partial charge < -0.3 is 19.3 Å². The van der Waals surface area contributed by atoms with E-state index < -0.39 is 17.5 Å². The molecule has 1 aromatic carbocycles. The van der Waals surface area contributed by atoms with Crippen LogP contribution in [0.25, 0.3) is 0 Å². The Morgan fingerprint density at radius 1 is 1.11 bits per heavy atom. The van der Waals surface area contributed by atoms with Gasteiger partial charge in [0.05, 0.1) is 12.2 Å². The van der Waals surface area contributed by atoms with Crippen LogP contribution in [0, 0.1) is 0 Å². The Morgan fingerprint density at radius 2 is 1.83 bits per heavy atom. The fourth-order valence-electron chi connectivity index (χ4n) is 6.02. The summed E-state index contributed by atoms with van der Waals surface area (Å²) in [6.07, 6.45) is 3.37. The summed E-state index contributed by atoms with van der Waals surface area (Å²) >= 11 is 0. The van der Waals surface area contributed by atoms with E-state index >= 15 is 0 Å². The molecule has 1 atom stereocenters. The van der Waals surface area contributed by atoms with Crippen molar-refractivity contribution in [2.45, 2.75) is 57.1 Å². The molecule has 1 unspecified atom stereocenters. The van der Waals surface area contributed by atoms with Gasteiger partial charge in [-0.1, -0.05) is 12.1 Å². The van der Waals surface area contributed by atoms with Crippen LogP contribution in [-0.2, 0) is 25.0 Å². The lowest BCUT2D eigenvalue weighted by atomic mass is 9.81. The van der Waals surface area contributed by atoms with Gasteiger partial charge in [0.2, 0.25) is 0 Å². The van der Waals surface area contributed by atoms with Gasteiger partial charge in [-0.05, 0) is 31.9 Å². The maximum Gasteiger partial charge on any atom is 0.335 e. The second-order valence-corrected chi connectivity index (χ2v) is 10.5. The number of rotatable bonds is 4. The van der Waals surface area contributed by atoms with Gasteiger partial charge in [0.25, 0.3) is 11.8 Å². The van der Waals surface area contributed by atoms with E-state index in [0.29, 0.717) is 56.2 Å². The summed E-state index contributed by atoms with van der Waals surface area (Å²) in [6, 6.07) is 6.81. The van der Waals surface area contributed by atoms with Gasteiger partial charge in [-0.25, -0.2) is 13.6 Å². The molecule has 5 rings (SSSR count). The number of esters is 1. The van der Waals surface area contributed by atoms with Gasteiger partial charge in [0.1, 0.15) is 5.60 Å². The summed E-state index contributed by atoms with van der Waals surface area (Å²) in [6.45, 7) is 7.64. The molecule has 0 N–H and O–H groups in total. The second-order valence-electron chi connectivity index (χ2n) is 10.5. The number of benzene rings is 1. The smallest absolute Gasteiger partial charge is 0.335 e. The number of hydrogen-bond acceptors (Lipinski definition) is 6. The van der Waals surface area contributed by atoms with E-state index in [9.17, 15) is 18.4 Å². The molecule has 0 bridgehead atoms. The van der Waals surface area contributed by atoms with Crippen LogP contribution in [0.4, 0.5) is 14.5 Å². The molecule has 9 heteroatoms. The fourth-order valence-corrected chi connectivity index (χ4v) is 6.02. The number of nitrogens with zero attached hydrogens (tertiary/aromatic N) is 3. The van der Waals surface area contributed by atoms with Crippen molar-refractivity contribution in [3.63, 3.8) is 0 Å². The summed E-state index contributed by atoms with van der Waals surface area (Å²) in [7, 11) is 0. The van der Waals surface area contributed by atoms with Crippen molar-refractivity contribution in [2.24, 2.45) is 0 Å². The molecule has 0 aliphatic carbocycles. The van der Waals surface area contributed by atoms with Gasteiger partial charge in [0, 0.05) is 88.5 Å². The molecule has 0 aromatic heterocycles. The Bertz CT molecular complexity index is 1030. The third kappa shape index (κ3) is 4.75. The highest BCUT2D eigenvalue weighted by molar-refractivity contribution is 6.07. The van der Waals surface area contributed by atoms with Crippen LogP contribution in [0.1, 0.15) is 45.1 Å². The van der Waals surface area contributed by atoms with Crippen LogP contribution in [0.15, 0.2) is 35.4 Å². The summed E-state index contributed by atoms with van der Waals surface area (Å²) in [5, 5.41) is 0. The standard InChI is InChI=1S/C27H35F2N3O4/c1-19-23(27(36-25(19)34)8-10-30(11-9-27)22-7-4-16-35-18-22)24(33)32-14-12-31(13-15-32)21-6-3-5-20(17-21)26(2,28)29/h3,5-6,17,22H,4,7-16,18H2,1-2H3. The molecule has 1 aromatic rings. The number of halogens is 2. The third-order valence-corrected chi connectivity index (χ3v) is 8.18. The Morgan fingerprint density at radius 3 is 2.47 bits per heavy atom. The largest absolute Gasteiger partial charge is 0.450 e. The zero-order valence-corrected chi connectivity index (χ0v) is 21.1. The highest BCUT2D eigenvalue weighted by Crippen LogP contribution is 2.42. The normalized spacial score (nSPS) is 25.4. The van der Waals surface area contributed by atoms with Crippen LogP contribution in [0.3, 0.4) is 0 Å². The molecule has 3 fully saturated rings. The van der Waals surface area contributed by atoms with E-state index in [-0.39, 0.29) is 11.5 Å². The van der Waals surface area contributed by atoms with E-state index in [1.54, 1.807) is 17.9 Å². The Balaban J connectivity index is 1.25. The van der Waals surface area contributed by atoms with Crippen molar-refractivity contribution in [2.75, 3.05) is 57.4 Å². The topological polar surface area (TPSA) is 62.3 Å². The average Bonchev–Trinajstić information content (AvgIpc) is 3.13. The molecule has 0 saturated carbocycles. The van der Waals surface area contributed by atoms with Crippen molar-refractivity contribution in [1.82, 2.24) is 9.80 Å². The Hall–Kier alpha value is -2.52. The number of alkyl halides is 2. The highest BCUT2D eigenvalue weighted by Gasteiger charge is 2.52. The van der Waals surface area contributed by atoms with Gasteiger partial charge in [-0.15, -0.1) is 0 Å². The molecule has 4 aliphatic heterocycles. The minimum atomic E-state index is -2.90. The van der Waals surface area contributed by atoms with E-state index in [1.807, 2.05) is 11.0 Å². The average molecular weight is 504 g/mol. The monoisotopic (exact) mass is 503 g/mol. The number of hydrogen-bond donors (Lipinski definition) is 0. The summed E-state index contributed by atoms with van der Waals surface area (Å²) < 4.78 is 39.1. The zero-order chi connectivity index (χ0) is 25.5. The number of carbonyl (C=O) groups excluding carboxylic acids is 2. The maximum atomic E-state index is 13.8. The van der Waals surface area contributed by atoms with Crippen LogP contribution < -0.4 is 4.90 Å². The number of amides is 1. The number of piperazine rings is 1. The van der Waals surface area contributed by atoms with Crippen LogP contribution in [0.5, 0.6) is 0 Å². The summed E-state index contributed by atoms with van der Waals surface area (Å²) in [4.78, 5) is 32.6. The first kappa shape index (κ1) is 25.1. The number of anilines is 1. The highest BCUT2D eigenvalue weighted by atomic mass is 19.3. The molecule has 1 amide bonds. The minimum Gasteiger partial charge on any atom is -0.450 e. The van der Waals surface area contributed by atoms with Gasteiger partial charge in [0.15, 0.2) is 0 Å². The van der Waals surface area contributed by atoms with Crippen molar-refractivity contribution in [3.05, 3.63) is 41.0 Å². The molecule has 1 spiro atoms. The quantitative estimate of drug-likeness (QED) is 0.588. The molecule has 196 valence electrons. The molecule has 36 heavy (non-hydrogen) atoms. The predicted molar refractivity (Wildman–Crippen MR) is 131 cm³/mol. The molecular weight excluding hydrogens is 468 g/mol. The van der Waals surface area contributed by atoms with E-state index in [4.69, 9.17) is 9.47 Å². The van der Waals surface area contributed by atoms with Gasteiger partial charge in [-0.2, -0.15) is 0 Å². The molecule has 4 heterocycles. The molecular formula is C27H35F2N3O4. The first-order chi connectivity index (χ1) is 17.2. The lowest BCUT2D eigenvalue weighted by Gasteiger charge is -2.44. The lowest BCUT2D eigenvalue weighted by molar-refractivity contribution is -0.152. The van der Waals surface area contributed by atoms with Crippen molar-refractivity contribution in [3.8, 4) is 0 Å². The van der Waals surface area contributed by atoms with Gasteiger partial charge in [-0.3, -0.25) is 9.69 Å².